The Morgan fingerprint density at radius 1 is 1.44 bits per heavy atom. The normalized spacial score (nSPS) is 12.0. The molecule has 0 atom stereocenters. The number of halogens is 3. The van der Waals surface area contributed by atoms with Crippen molar-refractivity contribution in [2.75, 3.05) is 5.73 Å². The van der Waals surface area contributed by atoms with Crippen molar-refractivity contribution in [2.24, 2.45) is 0 Å². The van der Waals surface area contributed by atoms with Crippen LogP contribution in [0.4, 0.5) is 18.9 Å². The maximum atomic E-state index is 12.7. The van der Waals surface area contributed by atoms with E-state index in [4.69, 9.17) is 5.73 Å². The van der Waals surface area contributed by atoms with Crippen LogP contribution in [0.15, 0.2) is 11.6 Å². The summed E-state index contributed by atoms with van der Waals surface area (Å²) in [5.41, 5.74) is 3.85. The summed E-state index contributed by atoms with van der Waals surface area (Å²) in [6, 6.07) is 0. The van der Waals surface area contributed by atoms with Gasteiger partial charge in [0.15, 0.2) is 11.5 Å². The minimum Gasteiger partial charge on any atom is -0.396 e. The quantitative estimate of drug-likeness (QED) is 0.842. The summed E-state index contributed by atoms with van der Waals surface area (Å²) in [5, 5.41) is 5.74. The highest BCUT2D eigenvalue weighted by atomic mass is 32.1. The molecule has 0 spiro atoms. The van der Waals surface area contributed by atoms with Crippen LogP contribution in [-0.4, -0.2) is 14.8 Å². The third-order valence-corrected chi connectivity index (χ3v) is 2.65. The Labute approximate surface area is 92.5 Å². The Morgan fingerprint density at radius 3 is 2.62 bits per heavy atom. The molecule has 2 N–H and O–H groups in total. The van der Waals surface area contributed by atoms with Crippen molar-refractivity contribution in [2.45, 2.75) is 13.1 Å². The number of aryl methyl sites for hydroxylation is 1. The molecule has 0 unspecified atom stereocenters. The fourth-order valence-corrected chi connectivity index (χ4v) is 1.84. The van der Waals surface area contributed by atoms with Crippen molar-refractivity contribution in [1.29, 1.82) is 0 Å². The molecule has 0 aliphatic carbocycles. The highest BCUT2D eigenvalue weighted by Gasteiger charge is 2.38. The molecule has 0 saturated heterocycles. The van der Waals surface area contributed by atoms with Crippen molar-refractivity contribution >= 4 is 17.0 Å². The topological polar surface area (TPSA) is 56.7 Å². The summed E-state index contributed by atoms with van der Waals surface area (Å²) in [4.78, 5) is 3.93. The van der Waals surface area contributed by atoms with E-state index in [1.165, 1.54) is 16.7 Å². The lowest BCUT2D eigenvalue weighted by molar-refractivity contribution is -0.142. The van der Waals surface area contributed by atoms with E-state index in [0.717, 1.165) is 6.20 Å². The van der Waals surface area contributed by atoms with Gasteiger partial charge in [0.25, 0.3) is 0 Å². The molecule has 2 aromatic heterocycles. The molecule has 4 nitrogen and oxygen atoms in total. The SMILES string of the molecule is Cc1nc(-n2ncc(N)c2C(F)(F)F)cs1. The molecule has 2 rings (SSSR count). The first kappa shape index (κ1) is 10.9. The fourth-order valence-electron chi connectivity index (χ4n) is 1.27. The zero-order valence-corrected chi connectivity index (χ0v) is 8.93. The van der Waals surface area contributed by atoms with Crippen LogP contribution in [0.1, 0.15) is 10.7 Å². The molecule has 0 fully saturated rings. The van der Waals surface area contributed by atoms with Gasteiger partial charge in [-0.25, -0.2) is 9.67 Å². The summed E-state index contributed by atoms with van der Waals surface area (Å²) in [6.45, 7) is 1.70. The number of nitrogens with zero attached hydrogens (tertiary/aromatic N) is 3. The molecule has 0 aliphatic heterocycles. The molecule has 16 heavy (non-hydrogen) atoms. The molecular formula is C8H7F3N4S. The molecule has 0 saturated carbocycles. The van der Waals surface area contributed by atoms with E-state index in [9.17, 15) is 13.2 Å². The average Bonchev–Trinajstić information content (AvgIpc) is 2.70. The number of nitrogen functional groups attached to an aromatic ring is 1. The number of hydrogen-bond acceptors (Lipinski definition) is 4. The van der Waals surface area contributed by atoms with Crippen molar-refractivity contribution in [3.05, 3.63) is 22.3 Å². The van der Waals surface area contributed by atoms with Crippen LogP contribution in [0.25, 0.3) is 5.82 Å². The van der Waals surface area contributed by atoms with Gasteiger partial charge in [0.05, 0.1) is 16.9 Å². The van der Waals surface area contributed by atoms with Gasteiger partial charge in [-0.15, -0.1) is 11.3 Å². The summed E-state index contributed by atoms with van der Waals surface area (Å²) < 4.78 is 38.7. The maximum Gasteiger partial charge on any atom is 0.435 e. The lowest BCUT2D eigenvalue weighted by atomic mass is 10.3. The second-order valence-corrected chi connectivity index (χ2v) is 4.15. The zero-order chi connectivity index (χ0) is 11.9. The van der Waals surface area contributed by atoms with Crippen LogP contribution in [0.2, 0.25) is 0 Å². The Hall–Kier alpha value is -1.57. The Balaban J connectivity index is 2.58. The maximum absolute atomic E-state index is 12.7. The highest BCUT2D eigenvalue weighted by Crippen LogP contribution is 2.34. The number of nitrogens with two attached hydrogens (primary N) is 1. The van der Waals surface area contributed by atoms with Crippen LogP contribution in [-0.2, 0) is 6.18 Å². The second kappa shape index (κ2) is 3.48. The van der Waals surface area contributed by atoms with E-state index in [0.29, 0.717) is 9.69 Å². The second-order valence-electron chi connectivity index (χ2n) is 3.08. The van der Waals surface area contributed by atoms with Crippen molar-refractivity contribution in [3.8, 4) is 5.82 Å². The van der Waals surface area contributed by atoms with Gasteiger partial charge >= 0.3 is 6.18 Å². The van der Waals surface area contributed by atoms with Gasteiger partial charge in [0.2, 0.25) is 0 Å². The van der Waals surface area contributed by atoms with Crippen LogP contribution >= 0.6 is 11.3 Å². The van der Waals surface area contributed by atoms with Gasteiger partial charge in [-0.2, -0.15) is 18.3 Å². The fraction of sp³-hybridized carbons (Fsp3) is 0.250. The van der Waals surface area contributed by atoms with Crippen molar-refractivity contribution < 1.29 is 13.2 Å². The standard InChI is InChI=1S/C8H7F3N4S/c1-4-14-6(3-16-4)15-7(8(9,10)11)5(12)2-13-15/h2-3H,12H2,1H3. The van der Waals surface area contributed by atoms with Gasteiger partial charge in [-0.05, 0) is 6.92 Å². The Bertz CT molecular complexity index is 514. The third-order valence-electron chi connectivity index (χ3n) is 1.89. The number of alkyl halides is 3. The first-order valence-electron chi connectivity index (χ1n) is 4.23. The van der Waals surface area contributed by atoms with Gasteiger partial charge in [-0.3, -0.25) is 0 Å². The largest absolute Gasteiger partial charge is 0.435 e. The van der Waals surface area contributed by atoms with E-state index >= 15 is 0 Å². The number of anilines is 1. The van der Waals surface area contributed by atoms with Crippen molar-refractivity contribution in [3.63, 3.8) is 0 Å². The number of thiazole rings is 1. The first-order valence-corrected chi connectivity index (χ1v) is 5.11. The Morgan fingerprint density at radius 2 is 2.12 bits per heavy atom. The predicted molar refractivity (Wildman–Crippen MR) is 53.4 cm³/mol. The summed E-state index contributed by atoms with van der Waals surface area (Å²) >= 11 is 1.25. The smallest absolute Gasteiger partial charge is 0.396 e. The number of aromatic nitrogens is 3. The molecule has 0 aliphatic rings. The highest BCUT2D eigenvalue weighted by molar-refractivity contribution is 7.09. The summed E-state index contributed by atoms with van der Waals surface area (Å²) in [5.74, 6) is 0.131. The zero-order valence-electron chi connectivity index (χ0n) is 8.12. The molecule has 2 heterocycles. The minimum absolute atomic E-state index is 0.131. The van der Waals surface area contributed by atoms with Gasteiger partial charge in [-0.1, -0.05) is 0 Å². The van der Waals surface area contributed by atoms with Crippen molar-refractivity contribution in [1.82, 2.24) is 14.8 Å². The van der Waals surface area contributed by atoms with Crippen LogP contribution in [0.3, 0.4) is 0 Å². The molecular weight excluding hydrogens is 241 g/mol. The van der Waals surface area contributed by atoms with E-state index < -0.39 is 17.6 Å². The molecule has 0 aromatic carbocycles. The van der Waals surface area contributed by atoms with E-state index in [1.54, 1.807) is 6.92 Å². The van der Waals surface area contributed by atoms with Crippen LogP contribution in [0, 0.1) is 6.92 Å². The summed E-state index contributed by atoms with van der Waals surface area (Å²) in [6.07, 6.45) is -3.57. The summed E-state index contributed by atoms with van der Waals surface area (Å²) in [7, 11) is 0. The first-order chi connectivity index (χ1) is 7.39. The van der Waals surface area contributed by atoms with Crippen LogP contribution < -0.4 is 5.73 Å². The van der Waals surface area contributed by atoms with Gasteiger partial charge in [0.1, 0.15) is 0 Å². The third kappa shape index (κ3) is 1.75. The molecule has 0 amide bonds. The van der Waals surface area contributed by atoms with Gasteiger partial charge in [0, 0.05) is 5.38 Å². The average molecular weight is 248 g/mol. The molecule has 2 aromatic rings. The molecule has 0 radical (unpaired) electrons. The Kier molecular flexibility index (Phi) is 2.38. The lowest BCUT2D eigenvalue weighted by Crippen LogP contribution is -2.15. The predicted octanol–water partition coefficient (Wildman–Crippen LogP) is 2.24. The van der Waals surface area contributed by atoms with Crippen LogP contribution in [0.5, 0.6) is 0 Å². The van der Waals surface area contributed by atoms with E-state index in [1.807, 2.05) is 0 Å². The van der Waals surface area contributed by atoms with E-state index in [-0.39, 0.29) is 5.82 Å². The molecule has 86 valence electrons. The van der Waals surface area contributed by atoms with Gasteiger partial charge < -0.3 is 5.73 Å². The monoisotopic (exact) mass is 248 g/mol. The number of hydrogen-bond donors (Lipinski definition) is 1. The molecule has 0 bridgehead atoms. The lowest BCUT2D eigenvalue weighted by Gasteiger charge is -2.08. The molecule has 8 heteroatoms. The minimum atomic E-state index is -4.54. The van der Waals surface area contributed by atoms with E-state index in [2.05, 4.69) is 10.1 Å². The number of rotatable bonds is 1.